The number of aryl methyl sites for hydroxylation is 1. The first-order valence-electron chi connectivity index (χ1n) is 7.70. The van der Waals surface area contributed by atoms with Crippen LogP contribution in [-0.4, -0.2) is 35.5 Å². The predicted octanol–water partition coefficient (Wildman–Crippen LogP) is 2.27. The van der Waals surface area contributed by atoms with Gasteiger partial charge in [0.15, 0.2) is 11.4 Å². The number of ether oxygens (including phenoxy) is 1. The Kier molecular flexibility index (Phi) is 3.94. The van der Waals surface area contributed by atoms with Crippen LogP contribution >= 0.6 is 0 Å². The summed E-state index contributed by atoms with van der Waals surface area (Å²) in [7, 11) is 0. The number of aromatic nitrogens is 6. The number of hydrogen-bond donors (Lipinski definition) is 1. The second-order valence-electron chi connectivity index (χ2n) is 5.45. The third-order valence-electron chi connectivity index (χ3n) is 3.51. The minimum atomic E-state index is -0.365. The third-order valence-corrected chi connectivity index (χ3v) is 3.51. The number of amides is 1. The molecule has 4 aromatic heterocycles. The van der Waals surface area contributed by atoms with E-state index >= 15 is 0 Å². The highest BCUT2D eigenvalue weighted by atomic mass is 16.5. The van der Waals surface area contributed by atoms with Crippen molar-refractivity contribution < 1.29 is 9.53 Å². The van der Waals surface area contributed by atoms with E-state index in [1.807, 2.05) is 19.1 Å². The van der Waals surface area contributed by atoms with E-state index in [0.717, 1.165) is 5.69 Å². The normalized spacial score (nSPS) is 10.7. The minimum Gasteiger partial charge on any atom is -0.453 e. The van der Waals surface area contributed by atoms with Gasteiger partial charge in [0, 0.05) is 5.69 Å². The highest BCUT2D eigenvalue weighted by Gasteiger charge is 2.16. The molecule has 9 heteroatoms. The van der Waals surface area contributed by atoms with Crippen molar-refractivity contribution in [3.63, 3.8) is 0 Å². The number of carbonyl (C=O) groups is 1. The molecule has 0 bridgehead atoms. The second kappa shape index (κ2) is 6.55. The standard InChI is InChI=1S/C17H13N7O2/c1-11-3-2-4-15(21-11)22-17(25)14-5-12(8-24-10-20-23-16(14)24)26-13-6-18-9-19-7-13/h2-10H,1H3,(H,21,22,25). The number of rotatable bonds is 4. The average Bonchev–Trinajstić information content (AvgIpc) is 3.10. The van der Waals surface area contributed by atoms with Crippen LogP contribution < -0.4 is 10.1 Å². The molecule has 4 aromatic rings. The van der Waals surface area contributed by atoms with Gasteiger partial charge in [0.2, 0.25) is 0 Å². The zero-order valence-electron chi connectivity index (χ0n) is 13.7. The molecule has 1 N–H and O–H groups in total. The van der Waals surface area contributed by atoms with Gasteiger partial charge in [-0.1, -0.05) is 6.07 Å². The number of hydrogen-bond acceptors (Lipinski definition) is 7. The van der Waals surface area contributed by atoms with Crippen LogP contribution in [0.5, 0.6) is 11.5 Å². The van der Waals surface area contributed by atoms with Crippen molar-refractivity contribution in [2.75, 3.05) is 5.32 Å². The Morgan fingerprint density at radius 3 is 2.85 bits per heavy atom. The lowest BCUT2D eigenvalue weighted by atomic mass is 10.2. The van der Waals surface area contributed by atoms with Gasteiger partial charge >= 0.3 is 0 Å². The molecule has 0 fully saturated rings. The largest absolute Gasteiger partial charge is 0.453 e. The molecule has 0 aliphatic rings. The Morgan fingerprint density at radius 2 is 2.04 bits per heavy atom. The van der Waals surface area contributed by atoms with Crippen LogP contribution in [0, 0.1) is 6.92 Å². The molecule has 0 aliphatic carbocycles. The molecule has 0 saturated heterocycles. The molecule has 0 aromatic carbocycles. The average molecular weight is 347 g/mol. The number of anilines is 1. The molecule has 1 amide bonds. The summed E-state index contributed by atoms with van der Waals surface area (Å²) in [5, 5.41) is 10.6. The van der Waals surface area contributed by atoms with E-state index in [4.69, 9.17) is 4.74 Å². The molecule has 0 spiro atoms. The zero-order chi connectivity index (χ0) is 17.9. The highest BCUT2D eigenvalue weighted by molar-refractivity contribution is 6.08. The van der Waals surface area contributed by atoms with Crippen LogP contribution in [-0.2, 0) is 0 Å². The van der Waals surface area contributed by atoms with Gasteiger partial charge < -0.3 is 10.1 Å². The van der Waals surface area contributed by atoms with Crippen LogP contribution in [0.1, 0.15) is 16.1 Å². The SMILES string of the molecule is Cc1cccc(NC(=O)c2cc(Oc3cncnc3)cn3cnnc23)n1. The fraction of sp³-hybridized carbons (Fsp3) is 0.0588. The summed E-state index contributed by atoms with van der Waals surface area (Å²) < 4.78 is 7.33. The quantitative estimate of drug-likeness (QED) is 0.603. The maximum absolute atomic E-state index is 12.7. The molecule has 0 unspecified atom stereocenters. The molecular weight excluding hydrogens is 334 g/mol. The van der Waals surface area contributed by atoms with Crippen LogP contribution in [0.15, 0.2) is 55.5 Å². The number of pyridine rings is 2. The van der Waals surface area contributed by atoms with Crippen LogP contribution in [0.4, 0.5) is 5.82 Å². The van der Waals surface area contributed by atoms with Gasteiger partial charge in [0.05, 0.1) is 24.2 Å². The summed E-state index contributed by atoms with van der Waals surface area (Å²) in [4.78, 5) is 24.8. The van der Waals surface area contributed by atoms with Crippen molar-refractivity contribution in [2.45, 2.75) is 6.92 Å². The van der Waals surface area contributed by atoms with Gasteiger partial charge in [-0.15, -0.1) is 10.2 Å². The molecule has 0 radical (unpaired) electrons. The van der Waals surface area contributed by atoms with Crippen molar-refractivity contribution in [1.29, 1.82) is 0 Å². The maximum Gasteiger partial charge on any atom is 0.260 e. The number of carbonyl (C=O) groups excluding carboxylic acids is 1. The second-order valence-corrected chi connectivity index (χ2v) is 5.45. The molecule has 128 valence electrons. The Balaban J connectivity index is 1.69. The van der Waals surface area contributed by atoms with E-state index in [1.165, 1.54) is 25.0 Å². The molecule has 26 heavy (non-hydrogen) atoms. The first-order valence-corrected chi connectivity index (χ1v) is 7.70. The van der Waals surface area contributed by atoms with Gasteiger partial charge in [-0.05, 0) is 25.1 Å². The number of nitrogens with zero attached hydrogens (tertiary/aromatic N) is 6. The lowest BCUT2D eigenvalue weighted by Gasteiger charge is -2.09. The van der Waals surface area contributed by atoms with Gasteiger partial charge in [-0.25, -0.2) is 15.0 Å². The van der Waals surface area contributed by atoms with E-state index in [-0.39, 0.29) is 5.91 Å². The zero-order valence-corrected chi connectivity index (χ0v) is 13.7. The fourth-order valence-electron chi connectivity index (χ4n) is 2.40. The van der Waals surface area contributed by atoms with Crippen LogP contribution in [0.3, 0.4) is 0 Å². The molecular formula is C17H13N7O2. The first-order chi connectivity index (χ1) is 12.7. The highest BCUT2D eigenvalue weighted by Crippen LogP contribution is 2.23. The molecule has 9 nitrogen and oxygen atoms in total. The number of fused-ring (bicyclic) bond motifs is 1. The van der Waals surface area contributed by atoms with E-state index < -0.39 is 0 Å². The van der Waals surface area contributed by atoms with Crippen LogP contribution in [0.25, 0.3) is 5.65 Å². The van der Waals surface area contributed by atoms with Crippen LogP contribution in [0.2, 0.25) is 0 Å². The smallest absolute Gasteiger partial charge is 0.260 e. The monoisotopic (exact) mass is 347 g/mol. The van der Waals surface area contributed by atoms with E-state index in [2.05, 4.69) is 30.5 Å². The Labute approximate surface area is 147 Å². The molecule has 0 saturated carbocycles. The van der Waals surface area contributed by atoms with Crippen molar-refractivity contribution in [1.82, 2.24) is 29.5 Å². The third kappa shape index (κ3) is 3.18. The summed E-state index contributed by atoms with van der Waals surface area (Å²) in [5.41, 5.74) is 1.52. The molecule has 4 rings (SSSR count). The predicted molar refractivity (Wildman–Crippen MR) is 92.0 cm³/mol. The molecule has 0 atom stereocenters. The summed E-state index contributed by atoms with van der Waals surface area (Å²) in [5.74, 6) is 0.965. The topological polar surface area (TPSA) is 107 Å². The Morgan fingerprint density at radius 1 is 1.19 bits per heavy atom. The lowest BCUT2D eigenvalue weighted by molar-refractivity contribution is 0.102. The molecule has 0 aliphatic heterocycles. The van der Waals surface area contributed by atoms with Gasteiger partial charge in [-0.2, -0.15) is 0 Å². The fourth-order valence-corrected chi connectivity index (χ4v) is 2.40. The summed E-state index contributed by atoms with van der Waals surface area (Å²) in [6.45, 7) is 1.85. The lowest BCUT2D eigenvalue weighted by Crippen LogP contribution is -2.15. The summed E-state index contributed by atoms with van der Waals surface area (Å²) in [6.07, 6.45) is 7.62. The van der Waals surface area contributed by atoms with Gasteiger partial charge in [-0.3, -0.25) is 9.20 Å². The van der Waals surface area contributed by atoms with Gasteiger partial charge in [0.25, 0.3) is 5.91 Å². The Bertz CT molecular complexity index is 1080. The van der Waals surface area contributed by atoms with Crippen molar-refractivity contribution in [3.05, 3.63) is 66.8 Å². The number of nitrogens with one attached hydrogen (secondary N) is 1. The van der Waals surface area contributed by atoms with Crippen molar-refractivity contribution in [2.24, 2.45) is 0 Å². The van der Waals surface area contributed by atoms with Crippen molar-refractivity contribution >= 4 is 17.4 Å². The minimum absolute atomic E-state index is 0.306. The Hall–Kier alpha value is -3.88. The first kappa shape index (κ1) is 15.6. The molecule has 4 heterocycles. The summed E-state index contributed by atoms with van der Waals surface area (Å²) >= 11 is 0. The van der Waals surface area contributed by atoms with Gasteiger partial charge in [0.1, 0.15) is 24.2 Å². The van der Waals surface area contributed by atoms with Crippen molar-refractivity contribution in [3.8, 4) is 11.5 Å². The van der Waals surface area contributed by atoms with E-state index in [1.54, 1.807) is 22.7 Å². The maximum atomic E-state index is 12.7. The van der Waals surface area contributed by atoms with E-state index in [0.29, 0.717) is 28.5 Å². The summed E-state index contributed by atoms with van der Waals surface area (Å²) in [6, 6.07) is 6.97. The van der Waals surface area contributed by atoms with E-state index in [9.17, 15) is 4.79 Å².